The number of hydrogen-bond acceptors (Lipinski definition) is 4. The molecule has 1 aliphatic heterocycles. The van der Waals surface area contributed by atoms with Crippen molar-refractivity contribution in [3.8, 4) is 0 Å². The summed E-state index contributed by atoms with van der Waals surface area (Å²) in [6, 6.07) is 18.0. The molecule has 0 bridgehead atoms. The number of hydrogen-bond donors (Lipinski definition) is 0. The predicted molar refractivity (Wildman–Crippen MR) is 110 cm³/mol. The summed E-state index contributed by atoms with van der Waals surface area (Å²) in [5.41, 5.74) is 2.13. The smallest absolute Gasteiger partial charge is 0.262 e. The molecule has 1 atom stereocenters. The summed E-state index contributed by atoms with van der Waals surface area (Å²) in [4.78, 5) is 17.9. The number of ether oxygens (including phenoxy) is 1. The third-order valence-electron chi connectivity index (χ3n) is 4.94. The molecule has 1 aliphatic rings. The molecule has 0 radical (unpaired) electrons. The Labute approximate surface area is 163 Å². The molecule has 4 nitrogen and oxygen atoms in total. The molecule has 27 heavy (non-hydrogen) atoms. The molecule has 0 aliphatic carbocycles. The Hall–Kier alpha value is -2.11. The molecule has 4 rings (SSSR count). The molecular weight excluding hydrogens is 356 g/mol. The van der Waals surface area contributed by atoms with Crippen LogP contribution in [0.2, 0.25) is 0 Å². The van der Waals surface area contributed by atoms with Gasteiger partial charge < -0.3 is 4.74 Å². The molecule has 2 aromatic carbocycles. The largest absolute Gasteiger partial charge is 0.377 e. The van der Waals surface area contributed by atoms with Gasteiger partial charge in [-0.2, -0.15) is 0 Å². The van der Waals surface area contributed by atoms with E-state index in [2.05, 4.69) is 24.3 Å². The first-order valence-electron chi connectivity index (χ1n) is 9.59. The summed E-state index contributed by atoms with van der Waals surface area (Å²) in [6.45, 7) is 1.53. The zero-order valence-corrected chi connectivity index (χ0v) is 16.2. The highest BCUT2D eigenvalue weighted by atomic mass is 32.2. The topological polar surface area (TPSA) is 44.1 Å². The number of rotatable bonds is 7. The van der Waals surface area contributed by atoms with Gasteiger partial charge in [0.15, 0.2) is 5.16 Å². The molecule has 0 amide bonds. The molecule has 1 aromatic heterocycles. The van der Waals surface area contributed by atoms with Crippen LogP contribution in [0.3, 0.4) is 0 Å². The van der Waals surface area contributed by atoms with Gasteiger partial charge >= 0.3 is 0 Å². The average Bonchev–Trinajstić information content (AvgIpc) is 3.23. The van der Waals surface area contributed by atoms with E-state index in [0.29, 0.717) is 11.9 Å². The second-order valence-corrected chi connectivity index (χ2v) is 7.89. The van der Waals surface area contributed by atoms with Gasteiger partial charge in [0.1, 0.15) is 0 Å². The number of aromatic nitrogens is 2. The normalized spacial score (nSPS) is 16.8. The van der Waals surface area contributed by atoms with Crippen molar-refractivity contribution in [3.63, 3.8) is 0 Å². The number of nitrogens with zero attached hydrogens (tertiary/aromatic N) is 2. The molecule has 0 spiro atoms. The Bertz CT molecular complexity index is 949. The second-order valence-electron chi connectivity index (χ2n) is 6.90. The highest BCUT2D eigenvalue weighted by molar-refractivity contribution is 7.99. The first-order valence-corrected chi connectivity index (χ1v) is 10.6. The zero-order valence-electron chi connectivity index (χ0n) is 15.3. The molecule has 140 valence electrons. The Morgan fingerprint density at radius 2 is 1.93 bits per heavy atom. The molecular formula is C22H24N2O2S. The molecule has 0 unspecified atom stereocenters. The SMILES string of the molecule is O=c1c2ccccc2nc(SC[C@@H]2CCCO2)n1CCCc1ccccc1. The Morgan fingerprint density at radius 1 is 1.11 bits per heavy atom. The fraction of sp³-hybridized carbons (Fsp3) is 0.364. The predicted octanol–water partition coefficient (Wildman–Crippen LogP) is 4.30. The fourth-order valence-corrected chi connectivity index (χ4v) is 4.58. The first-order chi connectivity index (χ1) is 13.3. The third kappa shape index (κ3) is 4.42. The number of benzene rings is 2. The van der Waals surface area contributed by atoms with E-state index in [1.807, 2.05) is 34.9 Å². The minimum Gasteiger partial charge on any atom is -0.377 e. The van der Waals surface area contributed by atoms with E-state index in [-0.39, 0.29) is 11.7 Å². The van der Waals surface area contributed by atoms with Gasteiger partial charge in [-0.25, -0.2) is 4.98 Å². The highest BCUT2D eigenvalue weighted by Crippen LogP contribution is 2.23. The lowest BCUT2D eigenvalue weighted by Gasteiger charge is -2.15. The number of fused-ring (bicyclic) bond motifs is 1. The maximum absolute atomic E-state index is 13.1. The molecule has 3 aromatic rings. The van der Waals surface area contributed by atoms with Gasteiger partial charge in [0.2, 0.25) is 0 Å². The maximum atomic E-state index is 13.1. The maximum Gasteiger partial charge on any atom is 0.262 e. The van der Waals surface area contributed by atoms with Crippen molar-refractivity contribution >= 4 is 22.7 Å². The van der Waals surface area contributed by atoms with Gasteiger partial charge in [0.05, 0.1) is 17.0 Å². The first kappa shape index (κ1) is 18.3. The summed E-state index contributed by atoms with van der Waals surface area (Å²) < 4.78 is 7.59. The van der Waals surface area contributed by atoms with E-state index in [1.165, 1.54) is 5.56 Å². The summed E-state index contributed by atoms with van der Waals surface area (Å²) in [6.07, 6.45) is 4.36. The number of aryl methyl sites for hydroxylation is 1. The van der Waals surface area contributed by atoms with Crippen LogP contribution in [0, 0.1) is 0 Å². The summed E-state index contributed by atoms with van der Waals surface area (Å²) in [5, 5.41) is 1.50. The Balaban J connectivity index is 1.56. The van der Waals surface area contributed by atoms with Crippen LogP contribution < -0.4 is 5.56 Å². The molecule has 1 saturated heterocycles. The van der Waals surface area contributed by atoms with Crippen LogP contribution >= 0.6 is 11.8 Å². The van der Waals surface area contributed by atoms with Crippen molar-refractivity contribution in [2.75, 3.05) is 12.4 Å². The monoisotopic (exact) mass is 380 g/mol. The molecule has 5 heteroatoms. The average molecular weight is 381 g/mol. The quantitative estimate of drug-likeness (QED) is 0.453. The van der Waals surface area contributed by atoms with Crippen molar-refractivity contribution in [1.29, 1.82) is 0 Å². The van der Waals surface area contributed by atoms with Crippen molar-refractivity contribution < 1.29 is 4.74 Å². The van der Waals surface area contributed by atoms with Crippen molar-refractivity contribution in [3.05, 3.63) is 70.5 Å². The summed E-state index contributed by atoms with van der Waals surface area (Å²) in [7, 11) is 0. The van der Waals surface area contributed by atoms with Gasteiger partial charge in [-0.05, 0) is 43.4 Å². The van der Waals surface area contributed by atoms with E-state index in [0.717, 1.165) is 48.7 Å². The number of thioether (sulfide) groups is 1. The summed E-state index contributed by atoms with van der Waals surface area (Å²) in [5.74, 6) is 0.851. The van der Waals surface area contributed by atoms with E-state index in [1.54, 1.807) is 11.8 Å². The van der Waals surface area contributed by atoms with Crippen LogP contribution in [-0.4, -0.2) is 28.0 Å². The highest BCUT2D eigenvalue weighted by Gasteiger charge is 2.18. The standard InChI is InChI=1S/C22H24N2O2S/c25-21-19-12-4-5-13-20(19)23-22(27-16-18-11-7-15-26-18)24(21)14-6-10-17-8-2-1-3-9-17/h1-5,8-9,12-13,18H,6-7,10-11,14-16H2/t18-/m0/s1. The lowest BCUT2D eigenvalue weighted by atomic mass is 10.1. The molecule has 2 heterocycles. The van der Waals surface area contributed by atoms with Crippen molar-refractivity contribution in [2.45, 2.75) is 43.5 Å². The fourth-order valence-electron chi connectivity index (χ4n) is 3.48. The van der Waals surface area contributed by atoms with Crippen LogP contribution in [-0.2, 0) is 17.7 Å². The lowest BCUT2D eigenvalue weighted by Crippen LogP contribution is -2.24. The van der Waals surface area contributed by atoms with Gasteiger partial charge in [0, 0.05) is 18.9 Å². The Morgan fingerprint density at radius 3 is 2.74 bits per heavy atom. The molecule has 0 saturated carbocycles. The van der Waals surface area contributed by atoms with E-state index in [9.17, 15) is 4.79 Å². The van der Waals surface area contributed by atoms with Crippen LogP contribution in [0.5, 0.6) is 0 Å². The lowest BCUT2D eigenvalue weighted by molar-refractivity contribution is 0.129. The van der Waals surface area contributed by atoms with Gasteiger partial charge in [-0.3, -0.25) is 9.36 Å². The zero-order chi connectivity index (χ0) is 18.5. The van der Waals surface area contributed by atoms with Gasteiger partial charge in [-0.1, -0.05) is 54.2 Å². The molecule has 1 fully saturated rings. The summed E-state index contributed by atoms with van der Waals surface area (Å²) >= 11 is 1.65. The van der Waals surface area contributed by atoms with Crippen LogP contribution in [0.15, 0.2) is 64.5 Å². The van der Waals surface area contributed by atoms with Gasteiger partial charge in [0.25, 0.3) is 5.56 Å². The van der Waals surface area contributed by atoms with E-state index >= 15 is 0 Å². The van der Waals surface area contributed by atoms with Crippen LogP contribution in [0.1, 0.15) is 24.8 Å². The Kier molecular flexibility index (Phi) is 5.90. The van der Waals surface area contributed by atoms with E-state index < -0.39 is 0 Å². The molecule has 0 N–H and O–H groups in total. The minimum atomic E-state index is 0.0588. The van der Waals surface area contributed by atoms with E-state index in [4.69, 9.17) is 9.72 Å². The van der Waals surface area contributed by atoms with Gasteiger partial charge in [-0.15, -0.1) is 0 Å². The van der Waals surface area contributed by atoms with Crippen LogP contribution in [0.4, 0.5) is 0 Å². The van der Waals surface area contributed by atoms with Crippen molar-refractivity contribution in [1.82, 2.24) is 9.55 Å². The second kappa shape index (κ2) is 8.72. The number of para-hydroxylation sites is 1. The third-order valence-corrected chi connectivity index (χ3v) is 6.05. The minimum absolute atomic E-state index is 0.0588. The van der Waals surface area contributed by atoms with Crippen LogP contribution in [0.25, 0.3) is 10.9 Å². The van der Waals surface area contributed by atoms with Crippen molar-refractivity contribution in [2.24, 2.45) is 0 Å².